The number of fused-ring (bicyclic) bond motifs is 20. The van der Waals surface area contributed by atoms with E-state index in [0.717, 1.165) is 83.6 Å². The van der Waals surface area contributed by atoms with E-state index in [1.165, 1.54) is 139 Å². The summed E-state index contributed by atoms with van der Waals surface area (Å²) < 4.78 is 14.6. The largest absolute Gasteiger partial charge is 0.454 e. The summed E-state index contributed by atoms with van der Waals surface area (Å²) >= 11 is 0. The Hall–Kier alpha value is -15.4. The van der Waals surface area contributed by atoms with E-state index in [0.29, 0.717) is 0 Å². The lowest BCUT2D eigenvalue weighted by Gasteiger charge is -2.33. The molecule has 21 aromatic rings. The molecule has 4 aliphatic rings. The third-order valence-corrected chi connectivity index (χ3v) is 27.7. The van der Waals surface area contributed by atoms with Crippen LogP contribution in [0.4, 0.5) is 34.1 Å². The summed E-state index contributed by atoms with van der Waals surface area (Å²) in [6.45, 7) is 9.40. The van der Waals surface area contributed by atoms with E-state index in [1.807, 2.05) is 0 Å². The summed E-state index contributed by atoms with van der Waals surface area (Å²) in [5, 5.41) is 6.88. The van der Waals surface area contributed by atoms with Crippen molar-refractivity contribution in [3.63, 3.8) is 0 Å². The van der Waals surface area contributed by atoms with E-state index in [2.05, 4.69) is 474 Å². The molecule has 0 saturated heterocycles. The molecule has 0 fully saturated rings. The maximum absolute atomic E-state index is 7.55. The van der Waals surface area contributed by atoms with Gasteiger partial charge in [-0.25, -0.2) is 0 Å². The van der Waals surface area contributed by atoms with Crippen LogP contribution >= 0.6 is 0 Å². The molecule has 2 heterocycles. The second-order valence-corrected chi connectivity index (χ2v) is 34.8. The van der Waals surface area contributed by atoms with Gasteiger partial charge in [0.1, 0.15) is 11.2 Å². The van der Waals surface area contributed by atoms with E-state index in [4.69, 9.17) is 8.83 Å². The number of para-hydroxylation sites is 3. The van der Waals surface area contributed by atoms with Gasteiger partial charge in [0, 0.05) is 60.7 Å². The number of rotatable bonds is 12. The highest BCUT2D eigenvalue weighted by molar-refractivity contribution is 6.14. The molecular weight excluding hydrogens is 1500 g/mol. The highest BCUT2D eigenvalue weighted by Crippen LogP contribution is 2.62. The average Bonchev–Trinajstić information content (AvgIpc) is 1.51. The Morgan fingerprint density at radius 3 is 1.10 bits per heavy atom. The number of furan rings is 2. The third kappa shape index (κ3) is 10.8. The monoisotopic (exact) mass is 1580 g/mol. The van der Waals surface area contributed by atoms with E-state index in [1.54, 1.807) is 0 Å². The summed E-state index contributed by atoms with van der Waals surface area (Å²) in [6, 6.07) is 160. The number of hydrogen-bond donors (Lipinski definition) is 0. The molecule has 0 aliphatic heterocycles. The SMILES string of the molecule is CC1(C)c2ccccc2-c2ccc(N(c3ccc(-c4ccccc4)cc3)c3cccc4c3oc3c(C5(c6ccccc6)c6ccccc6-c6c5ccc5ccccc65)cccc34)cc21.CC1(C)c2ccccc2-c2ccc(N(c3ccc(-c4ccccc4)cc3)c3cccc4c3oc3ccc(C5(c6ccccc6)c6ccccc6-c6ccccc65)cc34)cc21. The van der Waals surface area contributed by atoms with Gasteiger partial charge in [-0.1, -0.05) is 392 Å². The molecule has 0 bridgehead atoms. The van der Waals surface area contributed by atoms with Crippen LogP contribution in [-0.2, 0) is 21.7 Å². The van der Waals surface area contributed by atoms with Crippen molar-refractivity contribution in [1.29, 1.82) is 0 Å². The predicted molar refractivity (Wildman–Crippen MR) is 515 cm³/mol. The molecule has 4 heteroatoms. The Morgan fingerprint density at radius 1 is 0.202 bits per heavy atom. The lowest BCUT2D eigenvalue weighted by atomic mass is 9.67. The number of benzene rings is 19. The fraction of sp³-hybridized carbons (Fsp3) is 0.0667. The molecule has 0 saturated carbocycles. The predicted octanol–water partition coefficient (Wildman–Crippen LogP) is 31.9. The van der Waals surface area contributed by atoms with Crippen molar-refractivity contribution < 1.29 is 8.83 Å². The summed E-state index contributed by atoms with van der Waals surface area (Å²) in [5.41, 5.74) is 38.8. The van der Waals surface area contributed by atoms with E-state index < -0.39 is 10.8 Å². The standard InChI is InChI=1S/C62H43NO.C58H41NO/c1-61(2)52-27-13-11-23-47(52)48-37-36-45(39-56(48)61)63(44-34-31-41(32-35-44)40-17-5-3-6-18-40)57-30-16-26-50-49-25-15-29-55(59(49)64-60(50)57)62(43-20-7-4-8-21-43)53-28-14-12-24-51(53)58-46-22-10-9-19-42(46)33-38-54(58)62;1-57(2)50-24-12-9-20-44(50)47-34-33-43(37-53(47)57)59(42-31-28-39(29-32-42)38-16-5-3-6-17-38)54-27-15-23-48-49-36-41(30-35-55(49)60-56(48)54)58(40-18-7-4-8-19-40)51-25-13-10-21-45(51)46-22-11-14-26-52(46)58/h3-39H,1-2H3;3-37H,1-2H3. The Labute approximate surface area is 722 Å². The lowest BCUT2D eigenvalue weighted by molar-refractivity contribution is 0.648. The second-order valence-electron chi connectivity index (χ2n) is 34.8. The zero-order chi connectivity index (χ0) is 82.6. The fourth-order valence-electron chi connectivity index (χ4n) is 22.1. The van der Waals surface area contributed by atoms with Gasteiger partial charge in [-0.2, -0.15) is 0 Å². The molecule has 1 atom stereocenters. The first-order valence-corrected chi connectivity index (χ1v) is 43.3. The van der Waals surface area contributed by atoms with Crippen LogP contribution in [0.2, 0.25) is 0 Å². The maximum Gasteiger partial charge on any atom is 0.159 e. The normalized spacial score (nSPS) is 14.8. The maximum atomic E-state index is 7.55. The molecule has 4 nitrogen and oxygen atoms in total. The van der Waals surface area contributed by atoms with Crippen molar-refractivity contribution in [2.45, 2.75) is 49.4 Å². The lowest BCUT2D eigenvalue weighted by Crippen LogP contribution is -2.28. The summed E-state index contributed by atoms with van der Waals surface area (Å²) in [6.07, 6.45) is 0. The Balaban J connectivity index is 0.000000140. The van der Waals surface area contributed by atoms with Gasteiger partial charge < -0.3 is 18.6 Å². The van der Waals surface area contributed by atoms with Crippen LogP contribution < -0.4 is 9.80 Å². The van der Waals surface area contributed by atoms with Crippen LogP contribution in [0.15, 0.2) is 446 Å². The smallest absolute Gasteiger partial charge is 0.159 e. The summed E-state index contributed by atoms with van der Waals surface area (Å²) in [5.74, 6) is 0. The molecule has 0 N–H and O–H groups in total. The minimum atomic E-state index is -0.641. The first-order valence-electron chi connectivity index (χ1n) is 43.3. The van der Waals surface area contributed by atoms with Crippen molar-refractivity contribution in [2.24, 2.45) is 0 Å². The van der Waals surface area contributed by atoms with Crippen LogP contribution in [0.25, 0.3) is 121 Å². The minimum absolute atomic E-state index is 0.140. The molecule has 19 aromatic carbocycles. The van der Waals surface area contributed by atoms with Gasteiger partial charge >= 0.3 is 0 Å². The van der Waals surface area contributed by atoms with Gasteiger partial charge in [0.15, 0.2) is 11.2 Å². The first-order chi connectivity index (χ1) is 61.0. The minimum Gasteiger partial charge on any atom is -0.454 e. The Kier molecular flexibility index (Phi) is 16.5. The van der Waals surface area contributed by atoms with Gasteiger partial charge in [-0.05, 0) is 212 Å². The molecule has 0 amide bonds. The van der Waals surface area contributed by atoms with Crippen molar-refractivity contribution in [3.05, 3.63) is 504 Å². The van der Waals surface area contributed by atoms with Crippen LogP contribution in [0.3, 0.4) is 0 Å². The molecule has 1 unspecified atom stereocenters. The highest BCUT2D eigenvalue weighted by Gasteiger charge is 2.50. The first kappa shape index (κ1) is 72.6. The number of anilines is 6. The quantitative estimate of drug-likeness (QED) is 0.122. The van der Waals surface area contributed by atoms with E-state index in [-0.39, 0.29) is 10.8 Å². The van der Waals surface area contributed by atoms with Crippen LogP contribution in [-0.4, -0.2) is 0 Å². The van der Waals surface area contributed by atoms with Crippen molar-refractivity contribution in [3.8, 4) is 66.8 Å². The summed E-state index contributed by atoms with van der Waals surface area (Å²) in [4.78, 5) is 4.78. The van der Waals surface area contributed by atoms with Crippen molar-refractivity contribution >= 4 is 88.8 Å². The molecule has 0 spiro atoms. The van der Waals surface area contributed by atoms with Crippen LogP contribution in [0.5, 0.6) is 0 Å². The van der Waals surface area contributed by atoms with Gasteiger partial charge in [0.05, 0.1) is 22.2 Å². The van der Waals surface area contributed by atoms with Gasteiger partial charge in [-0.3, -0.25) is 0 Å². The molecule has 0 radical (unpaired) electrons. The molecule has 124 heavy (non-hydrogen) atoms. The summed E-state index contributed by atoms with van der Waals surface area (Å²) in [7, 11) is 0. The Bertz CT molecular complexity index is 7800. The number of hydrogen-bond acceptors (Lipinski definition) is 4. The zero-order valence-electron chi connectivity index (χ0n) is 69.3. The average molecular weight is 1590 g/mol. The van der Waals surface area contributed by atoms with E-state index in [9.17, 15) is 0 Å². The molecule has 25 rings (SSSR count). The zero-order valence-corrected chi connectivity index (χ0v) is 69.3. The van der Waals surface area contributed by atoms with Crippen molar-refractivity contribution in [2.75, 3.05) is 9.80 Å². The molecule has 2 aromatic heterocycles. The highest BCUT2D eigenvalue weighted by atomic mass is 16.3. The van der Waals surface area contributed by atoms with Crippen molar-refractivity contribution in [1.82, 2.24) is 0 Å². The molecular formula is C120H84N2O2. The molecule has 4 aliphatic carbocycles. The van der Waals surface area contributed by atoms with E-state index >= 15 is 0 Å². The van der Waals surface area contributed by atoms with Gasteiger partial charge in [0.25, 0.3) is 0 Å². The third-order valence-electron chi connectivity index (χ3n) is 27.7. The van der Waals surface area contributed by atoms with Gasteiger partial charge in [-0.15, -0.1) is 0 Å². The van der Waals surface area contributed by atoms with Gasteiger partial charge in [0.2, 0.25) is 0 Å². The Morgan fingerprint density at radius 2 is 0.573 bits per heavy atom. The van der Waals surface area contributed by atoms with Crippen LogP contribution in [0, 0.1) is 0 Å². The number of nitrogens with zero attached hydrogens (tertiary/aromatic N) is 2. The second kappa shape index (κ2) is 28.1. The topological polar surface area (TPSA) is 32.8 Å². The fourth-order valence-corrected chi connectivity index (χ4v) is 22.1. The molecule has 586 valence electrons. The van der Waals surface area contributed by atoms with Crippen LogP contribution in [0.1, 0.15) is 94.5 Å².